The summed E-state index contributed by atoms with van der Waals surface area (Å²) in [5, 5.41) is 6.04. The maximum Gasteiger partial charge on any atom is 0.419 e. The van der Waals surface area contributed by atoms with Gasteiger partial charge in [0.1, 0.15) is 0 Å². The summed E-state index contributed by atoms with van der Waals surface area (Å²) in [6.07, 6.45) is -2.96. The van der Waals surface area contributed by atoms with Crippen LogP contribution in [0.5, 0.6) is 0 Å². The van der Waals surface area contributed by atoms with Crippen molar-refractivity contribution in [3.05, 3.63) is 41.7 Å². The van der Waals surface area contributed by atoms with E-state index >= 15 is 0 Å². The second-order valence-corrected chi connectivity index (χ2v) is 4.02. The number of nitrogens with zero attached hydrogens (tertiary/aromatic N) is 2. The number of nitrogens with one attached hydrogen (secondary N) is 1. The lowest BCUT2D eigenvalue weighted by atomic mass is 10.1. The number of nitrogens with two attached hydrogens (primary N) is 1. The van der Waals surface area contributed by atoms with Gasteiger partial charge in [0.25, 0.3) is 5.91 Å². The summed E-state index contributed by atoms with van der Waals surface area (Å²) < 4.78 is 38.6. The summed E-state index contributed by atoms with van der Waals surface area (Å²) in [7, 11) is 1.45. The zero-order chi connectivity index (χ0) is 14.9. The van der Waals surface area contributed by atoms with Crippen LogP contribution in [-0.2, 0) is 6.18 Å². The van der Waals surface area contributed by atoms with E-state index in [0.717, 1.165) is 10.9 Å². The fourth-order valence-corrected chi connectivity index (χ4v) is 1.63. The monoisotopic (exact) mass is 284 g/mol. The molecule has 0 radical (unpaired) electrons. The van der Waals surface area contributed by atoms with E-state index in [1.807, 2.05) is 0 Å². The molecule has 0 saturated carbocycles. The lowest BCUT2D eigenvalue weighted by Gasteiger charge is -2.08. The van der Waals surface area contributed by atoms with Gasteiger partial charge in [0.15, 0.2) is 0 Å². The maximum atomic E-state index is 12.5. The fraction of sp³-hybridized carbons (Fsp3) is 0.167. The Labute approximate surface area is 112 Å². The van der Waals surface area contributed by atoms with Gasteiger partial charge in [0.2, 0.25) is 0 Å². The van der Waals surface area contributed by atoms with Crippen molar-refractivity contribution in [1.82, 2.24) is 15.1 Å². The molecule has 0 fully saturated rings. The molecule has 0 saturated heterocycles. The van der Waals surface area contributed by atoms with Crippen LogP contribution >= 0.6 is 0 Å². The van der Waals surface area contributed by atoms with Crippen molar-refractivity contribution >= 4 is 11.6 Å². The molecule has 5 nitrogen and oxygen atoms in total. The summed E-state index contributed by atoms with van der Waals surface area (Å²) in [4.78, 5) is 11.5. The third kappa shape index (κ3) is 2.58. The Morgan fingerprint density at radius 3 is 2.65 bits per heavy atom. The van der Waals surface area contributed by atoms with E-state index < -0.39 is 11.7 Å². The number of halogens is 3. The van der Waals surface area contributed by atoms with Crippen LogP contribution in [0.1, 0.15) is 15.9 Å². The minimum absolute atomic E-state index is 0.210. The van der Waals surface area contributed by atoms with Crippen LogP contribution < -0.4 is 11.1 Å². The smallest absolute Gasteiger partial charge is 0.397 e. The van der Waals surface area contributed by atoms with Gasteiger partial charge in [-0.25, -0.2) is 4.68 Å². The molecule has 0 atom stereocenters. The number of nitrogen functional groups attached to an aromatic ring is 1. The van der Waals surface area contributed by atoms with Crippen molar-refractivity contribution in [2.45, 2.75) is 6.18 Å². The normalized spacial score (nSPS) is 11.4. The van der Waals surface area contributed by atoms with E-state index in [0.29, 0.717) is 6.20 Å². The molecule has 20 heavy (non-hydrogen) atoms. The zero-order valence-electron chi connectivity index (χ0n) is 10.4. The number of carbonyl (C=O) groups excluding carboxylic acids is 1. The zero-order valence-corrected chi connectivity index (χ0v) is 10.4. The molecule has 0 spiro atoms. The Balaban J connectivity index is 2.47. The molecule has 3 N–H and O–H groups in total. The molecule has 1 heterocycles. The molecule has 2 rings (SSSR count). The van der Waals surface area contributed by atoms with Crippen molar-refractivity contribution in [2.24, 2.45) is 0 Å². The molecule has 106 valence electrons. The van der Waals surface area contributed by atoms with E-state index in [1.54, 1.807) is 0 Å². The van der Waals surface area contributed by atoms with Crippen molar-refractivity contribution < 1.29 is 18.0 Å². The molecule has 1 aromatic heterocycles. The van der Waals surface area contributed by atoms with Crippen LogP contribution in [0.25, 0.3) is 5.69 Å². The van der Waals surface area contributed by atoms with E-state index in [9.17, 15) is 18.0 Å². The summed E-state index contributed by atoms with van der Waals surface area (Å²) in [6.45, 7) is 0. The first-order chi connectivity index (χ1) is 9.32. The predicted molar refractivity (Wildman–Crippen MR) is 66.4 cm³/mol. The van der Waals surface area contributed by atoms with Crippen molar-refractivity contribution in [3.8, 4) is 5.69 Å². The van der Waals surface area contributed by atoms with Gasteiger partial charge >= 0.3 is 6.18 Å². The first kappa shape index (κ1) is 13.9. The highest BCUT2D eigenvalue weighted by atomic mass is 19.4. The number of carbonyl (C=O) groups is 1. The Kier molecular flexibility index (Phi) is 3.39. The highest BCUT2D eigenvalue weighted by Crippen LogP contribution is 2.30. The quantitative estimate of drug-likeness (QED) is 0.826. The van der Waals surface area contributed by atoms with Crippen LogP contribution in [0.15, 0.2) is 30.6 Å². The largest absolute Gasteiger partial charge is 0.419 e. The van der Waals surface area contributed by atoms with Gasteiger partial charge in [0, 0.05) is 18.8 Å². The molecule has 0 aliphatic rings. The molecule has 2 aromatic rings. The average Bonchev–Trinajstić information content (AvgIpc) is 2.87. The number of rotatable bonds is 2. The topological polar surface area (TPSA) is 72.9 Å². The Morgan fingerprint density at radius 2 is 2.10 bits per heavy atom. The Morgan fingerprint density at radius 1 is 1.40 bits per heavy atom. The van der Waals surface area contributed by atoms with E-state index in [-0.39, 0.29) is 22.8 Å². The molecule has 0 aliphatic heterocycles. The fourth-order valence-electron chi connectivity index (χ4n) is 1.63. The highest BCUT2D eigenvalue weighted by Gasteiger charge is 2.32. The first-order valence-electron chi connectivity index (χ1n) is 5.57. The number of amides is 1. The molecule has 1 aromatic carbocycles. The molecule has 0 bridgehead atoms. The van der Waals surface area contributed by atoms with Crippen LogP contribution in [0.3, 0.4) is 0 Å². The average molecular weight is 284 g/mol. The van der Waals surface area contributed by atoms with Gasteiger partial charge in [-0.2, -0.15) is 18.3 Å². The van der Waals surface area contributed by atoms with Crippen LogP contribution in [-0.4, -0.2) is 22.7 Å². The lowest BCUT2D eigenvalue weighted by Crippen LogP contribution is -2.18. The van der Waals surface area contributed by atoms with Gasteiger partial charge in [-0.3, -0.25) is 4.79 Å². The van der Waals surface area contributed by atoms with Gasteiger partial charge < -0.3 is 11.1 Å². The summed E-state index contributed by atoms with van der Waals surface area (Å²) >= 11 is 0. The second-order valence-electron chi connectivity index (χ2n) is 4.02. The van der Waals surface area contributed by atoms with Crippen LogP contribution in [0, 0.1) is 0 Å². The van der Waals surface area contributed by atoms with Gasteiger partial charge in [-0.1, -0.05) is 0 Å². The highest BCUT2D eigenvalue weighted by molar-refractivity contribution is 5.95. The number of alkyl halides is 3. The Bertz CT molecular complexity index is 648. The third-order valence-electron chi connectivity index (χ3n) is 2.68. The molecule has 1 amide bonds. The minimum atomic E-state index is -4.48. The third-order valence-corrected chi connectivity index (χ3v) is 2.68. The van der Waals surface area contributed by atoms with Crippen molar-refractivity contribution in [3.63, 3.8) is 0 Å². The summed E-state index contributed by atoms with van der Waals surface area (Å²) in [6, 6.07) is 4.29. The SMILES string of the molecule is CNC(=O)c1ccc(N)c(-n2cc(C(F)(F)F)cn2)c1. The summed E-state index contributed by atoms with van der Waals surface area (Å²) in [5.41, 5.74) is 5.53. The standard InChI is InChI=1S/C12H11F3N4O/c1-17-11(20)7-2-3-9(16)10(4-7)19-6-8(5-18-19)12(13,14)15/h2-6H,16H2,1H3,(H,17,20). The van der Waals surface area contributed by atoms with E-state index in [1.165, 1.54) is 25.2 Å². The van der Waals surface area contributed by atoms with Gasteiger partial charge in [-0.15, -0.1) is 0 Å². The predicted octanol–water partition coefficient (Wildman–Crippen LogP) is 1.83. The number of benzene rings is 1. The number of anilines is 1. The second kappa shape index (κ2) is 4.87. The molecular weight excluding hydrogens is 273 g/mol. The minimum Gasteiger partial charge on any atom is -0.397 e. The van der Waals surface area contributed by atoms with Crippen LogP contribution in [0.4, 0.5) is 18.9 Å². The molecule has 0 unspecified atom stereocenters. The number of hydrogen-bond donors (Lipinski definition) is 2. The van der Waals surface area contributed by atoms with E-state index in [2.05, 4.69) is 10.4 Å². The first-order valence-corrected chi connectivity index (χ1v) is 5.57. The van der Waals surface area contributed by atoms with Gasteiger partial charge in [0.05, 0.1) is 23.1 Å². The Hall–Kier alpha value is -2.51. The molecular formula is C12H11F3N4O. The van der Waals surface area contributed by atoms with E-state index in [4.69, 9.17) is 5.73 Å². The number of aromatic nitrogens is 2. The van der Waals surface area contributed by atoms with Gasteiger partial charge in [-0.05, 0) is 18.2 Å². The van der Waals surface area contributed by atoms with Crippen molar-refractivity contribution in [2.75, 3.05) is 12.8 Å². The molecule has 0 aliphatic carbocycles. The lowest BCUT2D eigenvalue weighted by molar-refractivity contribution is -0.137. The number of hydrogen-bond acceptors (Lipinski definition) is 3. The maximum absolute atomic E-state index is 12.5. The summed E-state index contributed by atoms with van der Waals surface area (Å²) in [5.74, 6) is -0.366. The molecule has 8 heteroatoms. The van der Waals surface area contributed by atoms with Crippen molar-refractivity contribution in [1.29, 1.82) is 0 Å². The van der Waals surface area contributed by atoms with Crippen LogP contribution in [0.2, 0.25) is 0 Å².